The number of hydrogen-bond donors (Lipinski definition) is 2. The van der Waals surface area contributed by atoms with Gasteiger partial charge < -0.3 is 15.8 Å². The molecule has 1 atom stereocenters. The molecule has 0 saturated heterocycles. The number of hydrogen-bond acceptors (Lipinski definition) is 3. The molecule has 1 aromatic rings. The molecule has 1 aliphatic carbocycles. The van der Waals surface area contributed by atoms with Crippen LogP contribution >= 0.6 is 0 Å². The normalized spacial score (nSPS) is 23.5. The van der Waals surface area contributed by atoms with Gasteiger partial charge in [-0.05, 0) is 43.4 Å². The molecular formula is C15H22N2O2. The van der Waals surface area contributed by atoms with Crippen LogP contribution in [0.2, 0.25) is 0 Å². The van der Waals surface area contributed by atoms with Crippen molar-refractivity contribution in [1.29, 1.82) is 0 Å². The van der Waals surface area contributed by atoms with Crippen molar-refractivity contribution < 1.29 is 9.53 Å². The molecule has 104 valence electrons. The van der Waals surface area contributed by atoms with Gasteiger partial charge in [0.1, 0.15) is 5.75 Å². The van der Waals surface area contributed by atoms with Gasteiger partial charge in [0.15, 0.2) is 0 Å². The van der Waals surface area contributed by atoms with Crippen LogP contribution in [0, 0.1) is 0 Å². The summed E-state index contributed by atoms with van der Waals surface area (Å²) in [4.78, 5) is 10.8. The number of rotatable bonds is 6. The molecule has 1 fully saturated rings. The summed E-state index contributed by atoms with van der Waals surface area (Å²) in [5, 5.41) is 3.44. The molecule has 0 spiro atoms. The number of carbonyl (C=O) groups excluding carboxylic acids is 1. The highest BCUT2D eigenvalue weighted by Gasteiger charge is 2.30. The lowest BCUT2D eigenvalue weighted by Crippen LogP contribution is -2.45. The predicted octanol–water partition coefficient (Wildman–Crippen LogP) is 1.79. The number of nitrogens with one attached hydrogen (secondary N) is 1. The Bertz CT molecular complexity index is 424. The lowest BCUT2D eigenvalue weighted by molar-refractivity contribution is -0.118. The van der Waals surface area contributed by atoms with E-state index < -0.39 is 0 Å². The second-order valence-corrected chi connectivity index (χ2v) is 5.38. The largest absolute Gasteiger partial charge is 0.497 e. The SMILES string of the molecule is COc1ccc(C2CC(NC(C)CC(N)=O)C2)cc1. The average molecular weight is 262 g/mol. The van der Waals surface area contributed by atoms with E-state index in [-0.39, 0.29) is 11.9 Å². The van der Waals surface area contributed by atoms with Gasteiger partial charge in [-0.15, -0.1) is 0 Å². The van der Waals surface area contributed by atoms with Gasteiger partial charge in [0, 0.05) is 18.5 Å². The zero-order valence-electron chi connectivity index (χ0n) is 11.6. The van der Waals surface area contributed by atoms with Crippen molar-refractivity contribution in [3.63, 3.8) is 0 Å². The Balaban J connectivity index is 1.77. The zero-order chi connectivity index (χ0) is 13.8. The van der Waals surface area contributed by atoms with Gasteiger partial charge in [-0.2, -0.15) is 0 Å². The molecule has 0 aromatic heterocycles. The van der Waals surface area contributed by atoms with Crippen LogP contribution in [0.15, 0.2) is 24.3 Å². The Kier molecular flexibility index (Phi) is 4.43. The van der Waals surface area contributed by atoms with Gasteiger partial charge in [0.2, 0.25) is 5.91 Å². The molecule has 1 amide bonds. The van der Waals surface area contributed by atoms with Crippen molar-refractivity contribution in [2.24, 2.45) is 5.73 Å². The summed E-state index contributed by atoms with van der Waals surface area (Å²) in [7, 11) is 1.68. The van der Waals surface area contributed by atoms with E-state index in [0.717, 1.165) is 18.6 Å². The van der Waals surface area contributed by atoms with E-state index in [1.807, 2.05) is 19.1 Å². The lowest BCUT2D eigenvalue weighted by atomic mass is 9.75. The number of nitrogens with two attached hydrogens (primary N) is 1. The fourth-order valence-electron chi connectivity index (χ4n) is 2.67. The van der Waals surface area contributed by atoms with Crippen LogP contribution in [-0.4, -0.2) is 25.1 Å². The summed E-state index contributed by atoms with van der Waals surface area (Å²) in [5.41, 5.74) is 6.55. The average Bonchev–Trinajstić information content (AvgIpc) is 2.32. The number of benzene rings is 1. The topological polar surface area (TPSA) is 64.3 Å². The summed E-state index contributed by atoms with van der Waals surface area (Å²) in [5.74, 6) is 1.27. The van der Waals surface area contributed by atoms with E-state index in [9.17, 15) is 4.79 Å². The van der Waals surface area contributed by atoms with Crippen LogP contribution in [0.1, 0.15) is 37.7 Å². The Hall–Kier alpha value is -1.55. The molecule has 1 unspecified atom stereocenters. The van der Waals surface area contributed by atoms with Crippen LogP contribution in [-0.2, 0) is 4.79 Å². The van der Waals surface area contributed by atoms with Crippen molar-refractivity contribution in [3.8, 4) is 5.75 Å². The number of carbonyl (C=O) groups is 1. The van der Waals surface area contributed by atoms with Crippen molar-refractivity contribution >= 4 is 5.91 Å². The molecule has 0 heterocycles. The molecule has 4 nitrogen and oxygen atoms in total. The van der Waals surface area contributed by atoms with Crippen LogP contribution in [0.5, 0.6) is 5.75 Å². The first-order chi connectivity index (χ1) is 9.08. The summed E-state index contributed by atoms with van der Waals surface area (Å²) in [6.07, 6.45) is 2.65. The van der Waals surface area contributed by atoms with E-state index in [0.29, 0.717) is 18.4 Å². The highest BCUT2D eigenvalue weighted by atomic mass is 16.5. The number of primary amides is 1. The van der Waals surface area contributed by atoms with E-state index in [4.69, 9.17) is 10.5 Å². The molecule has 4 heteroatoms. The fourth-order valence-corrected chi connectivity index (χ4v) is 2.67. The van der Waals surface area contributed by atoms with Crippen LogP contribution in [0.3, 0.4) is 0 Å². The smallest absolute Gasteiger partial charge is 0.218 e. The molecular weight excluding hydrogens is 240 g/mol. The molecule has 1 aliphatic rings. The highest BCUT2D eigenvalue weighted by Crippen LogP contribution is 2.37. The molecule has 3 N–H and O–H groups in total. The quantitative estimate of drug-likeness (QED) is 0.821. The van der Waals surface area contributed by atoms with Gasteiger partial charge in [-0.25, -0.2) is 0 Å². The fraction of sp³-hybridized carbons (Fsp3) is 0.533. The van der Waals surface area contributed by atoms with Crippen molar-refractivity contribution in [1.82, 2.24) is 5.32 Å². The molecule has 0 aliphatic heterocycles. The molecule has 1 aromatic carbocycles. The highest BCUT2D eigenvalue weighted by molar-refractivity contribution is 5.74. The minimum Gasteiger partial charge on any atom is -0.497 e. The minimum absolute atomic E-state index is 0.166. The lowest BCUT2D eigenvalue weighted by Gasteiger charge is -2.38. The number of amides is 1. The third kappa shape index (κ3) is 3.70. The Morgan fingerprint density at radius 3 is 2.58 bits per heavy atom. The van der Waals surface area contributed by atoms with Gasteiger partial charge in [0.25, 0.3) is 0 Å². The minimum atomic E-state index is -0.244. The maximum atomic E-state index is 10.8. The third-order valence-corrected chi connectivity index (χ3v) is 3.75. The Morgan fingerprint density at radius 2 is 2.05 bits per heavy atom. The van der Waals surface area contributed by atoms with E-state index >= 15 is 0 Å². The number of ether oxygens (including phenoxy) is 1. The monoisotopic (exact) mass is 262 g/mol. The molecule has 19 heavy (non-hydrogen) atoms. The van der Waals surface area contributed by atoms with E-state index in [2.05, 4.69) is 17.4 Å². The van der Waals surface area contributed by atoms with Gasteiger partial charge in [-0.3, -0.25) is 4.79 Å². The zero-order valence-corrected chi connectivity index (χ0v) is 11.6. The standard InChI is InChI=1S/C15H22N2O2/c1-10(7-15(16)18)17-13-8-12(9-13)11-3-5-14(19-2)6-4-11/h3-6,10,12-13,17H,7-9H2,1-2H3,(H2,16,18). The molecule has 1 saturated carbocycles. The van der Waals surface area contributed by atoms with Crippen LogP contribution < -0.4 is 15.8 Å². The number of methoxy groups -OCH3 is 1. The van der Waals surface area contributed by atoms with Crippen LogP contribution in [0.25, 0.3) is 0 Å². The summed E-state index contributed by atoms with van der Waals surface area (Å²) >= 11 is 0. The predicted molar refractivity (Wildman–Crippen MR) is 75.2 cm³/mol. The molecule has 0 radical (unpaired) electrons. The molecule has 2 rings (SSSR count). The molecule has 0 bridgehead atoms. The first-order valence-corrected chi connectivity index (χ1v) is 6.76. The summed E-state index contributed by atoms with van der Waals surface area (Å²) < 4.78 is 5.16. The maximum absolute atomic E-state index is 10.8. The van der Waals surface area contributed by atoms with Crippen molar-refractivity contribution in [2.75, 3.05) is 7.11 Å². The second-order valence-electron chi connectivity index (χ2n) is 5.38. The third-order valence-electron chi connectivity index (χ3n) is 3.75. The van der Waals surface area contributed by atoms with E-state index in [1.54, 1.807) is 7.11 Å². The van der Waals surface area contributed by atoms with Gasteiger partial charge in [0.05, 0.1) is 7.11 Å². The second kappa shape index (κ2) is 6.06. The summed E-state index contributed by atoms with van der Waals surface area (Å²) in [6.45, 7) is 2.01. The Labute approximate surface area is 114 Å². The van der Waals surface area contributed by atoms with Crippen molar-refractivity contribution in [3.05, 3.63) is 29.8 Å². The van der Waals surface area contributed by atoms with Crippen molar-refractivity contribution in [2.45, 2.75) is 44.2 Å². The summed E-state index contributed by atoms with van der Waals surface area (Å²) in [6, 6.07) is 8.94. The van der Waals surface area contributed by atoms with Crippen LogP contribution in [0.4, 0.5) is 0 Å². The Morgan fingerprint density at radius 1 is 1.42 bits per heavy atom. The van der Waals surface area contributed by atoms with E-state index in [1.165, 1.54) is 5.56 Å². The maximum Gasteiger partial charge on any atom is 0.218 e. The first-order valence-electron chi connectivity index (χ1n) is 6.76. The first kappa shape index (κ1) is 13.9. The van der Waals surface area contributed by atoms with Gasteiger partial charge >= 0.3 is 0 Å². The van der Waals surface area contributed by atoms with Gasteiger partial charge in [-0.1, -0.05) is 12.1 Å².